The largest absolute Gasteiger partial charge is 0.248 e. The average molecular weight is 188 g/mol. The molecule has 0 heterocycles. The van der Waals surface area contributed by atoms with Gasteiger partial charge in [0.05, 0.1) is 0 Å². The van der Waals surface area contributed by atoms with E-state index in [1.54, 1.807) is 0 Å². The first-order valence-corrected chi connectivity index (χ1v) is 3.29. The Labute approximate surface area is 67.1 Å². The van der Waals surface area contributed by atoms with Crippen LogP contribution in [0.5, 0.6) is 0 Å². The third-order valence-electron chi connectivity index (χ3n) is 1.33. The zero-order valence-electron chi connectivity index (χ0n) is 6.19. The van der Waals surface area contributed by atoms with Gasteiger partial charge in [-0.3, -0.25) is 0 Å². The highest BCUT2D eigenvalue weighted by molar-refractivity contribution is 4.91. The minimum atomic E-state index is -2.78. The van der Waals surface area contributed by atoms with Crippen molar-refractivity contribution in [2.24, 2.45) is 0 Å². The summed E-state index contributed by atoms with van der Waals surface area (Å²) in [6, 6.07) is 0. The van der Waals surface area contributed by atoms with Crippen LogP contribution in [-0.4, -0.2) is 31.4 Å². The molecule has 4 atom stereocenters. The first-order valence-electron chi connectivity index (χ1n) is 3.29. The normalized spacial score (nSPS) is 21.1. The molecule has 0 spiro atoms. The SMILES string of the molecule is C=CC(F)C(F)C(F)C(F)CF. The van der Waals surface area contributed by atoms with Gasteiger partial charge in [-0.05, 0) is 0 Å². The van der Waals surface area contributed by atoms with Crippen molar-refractivity contribution < 1.29 is 22.0 Å². The molecule has 0 N–H and O–H groups in total. The van der Waals surface area contributed by atoms with Crippen LogP contribution < -0.4 is 0 Å². The van der Waals surface area contributed by atoms with Crippen molar-refractivity contribution in [3.8, 4) is 0 Å². The second-order valence-electron chi connectivity index (χ2n) is 2.24. The lowest BCUT2D eigenvalue weighted by molar-refractivity contribution is 0.0374. The van der Waals surface area contributed by atoms with E-state index in [9.17, 15) is 22.0 Å². The summed E-state index contributed by atoms with van der Waals surface area (Å²) in [4.78, 5) is 0. The highest BCUT2D eigenvalue weighted by atomic mass is 19.2. The third-order valence-corrected chi connectivity index (χ3v) is 1.33. The highest BCUT2D eigenvalue weighted by Gasteiger charge is 2.34. The van der Waals surface area contributed by atoms with Crippen LogP contribution in [0, 0.1) is 0 Å². The first-order chi connectivity index (χ1) is 5.54. The Morgan fingerprint density at radius 3 is 1.92 bits per heavy atom. The molecule has 0 aromatic rings. The van der Waals surface area contributed by atoms with E-state index in [2.05, 4.69) is 6.58 Å². The minimum absolute atomic E-state index is 0.502. The van der Waals surface area contributed by atoms with Gasteiger partial charge in [-0.1, -0.05) is 6.08 Å². The van der Waals surface area contributed by atoms with E-state index in [0.29, 0.717) is 6.08 Å². The molecule has 12 heavy (non-hydrogen) atoms. The maximum Gasteiger partial charge on any atom is 0.169 e. The molecule has 0 radical (unpaired) electrons. The maximum absolute atomic E-state index is 12.4. The third kappa shape index (κ3) is 2.79. The number of hydrogen-bond acceptors (Lipinski definition) is 0. The molecule has 0 aliphatic rings. The number of alkyl halides is 5. The van der Waals surface area contributed by atoms with Crippen molar-refractivity contribution in [1.29, 1.82) is 0 Å². The van der Waals surface area contributed by atoms with Crippen LogP contribution >= 0.6 is 0 Å². The molecule has 0 fully saturated rings. The summed E-state index contributed by atoms with van der Waals surface area (Å²) < 4.78 is 60.5. The van der Waals surface area contributed by atoms with E-state index in [1.165, 1.54) is 0 Å². The van der Waals surface area contributed by atoms with Gasteiger partial charge in [0, 0.05) is 0 Å². The Balaban J connectivity index is 4.07. The van der Waals surface area contributed by atoms with Gasteiger partial charge in [-0.15, -0.1) is 6.58 Å². The van der Waals surface area contributed by atoms with Gasteiger partial charge >= 0.3 is 0 Å². The molecule has 0 rings (SSSR count). The van der Waals surface area contributed by atoms with Crippen LogP contribution in [0.2, 0.25) is 0 Å². The molecule has 0 saturated heterocycles. The van der Waals surface area contributed by atoms with E-state index < -0.39 is 31.4 Å². The molecule has 0 aliphatic carbocycles. The second-order valence-corrected chi connectivity index (χ2v) is 2.24. The van der Waals surface area contributed by atoms with E-state index >= 15 is 0 Å². The topological polar surface area (TPSA) is 0 Å². The molecule has 72 valence electrons. The molecule has 4 unspecified atom stereocenters. The fourth-order valence-electron chi connectivity index (χ4n) is 0.590. The van der Waals surface area contributed by atoms with Crippen molar-refractivity contribution in [2.75, 3.05) is 6.67 Å². The Bertz CT molecular complexity index is 138. The van der Waals surface area contributed by atoms with Gasteiger partial charge in [0.1, 0.15) is 6.67 Å². The summed E-state index contributed by atoms with van der Waals surface area (Å²) in [5, 5.41) is 0. The molecular weight excluding hydrogens is 179 g/mol. The summed E-state index contributed by atoms with van der Waals surface area (Å²) in [6.07, 6.45) is -9.87. The Kier molecular flexibility index (Phi) is 4.85. The van der Waals surface area contributed by atoms with Crippen LogP contribution in [0.15, 0.2) is 12.7 Å². The molecule has 0 aliphatic heterocycles. The van der Waals surface area contributed by atoms with Crippen LogP contribution in [-0.2, 0) is 0 Å². The zero-order chi connectivity index (χ0) is 9.72. The molecule has 0 amide bonds. The van der Waals surface area contributed by atoms with Gasteiger partial charge in [-0.2, -0.15) is 0 Å². The second kappa shape index (κ2) is 5.11. The predicted octanol–water partition coefficient (Wildman–Crippen LogP) is 2.49. The number of rotatable bonds is 5. The molecule has 0 bridgehead atoms. The van der Waals surface area contributed by atoms with Gasteiger partial charge in [0.15, 0.2) is 24.7 Å². The summed E-state index contributed by atoms with van der Waals surface area (Å²) in [5.41, 5.74) is 0. The molecule has 0 aromatic heterocycles. The molecular formula is C7H9F5. The average Bonchev–Trinajstić information content (AvgIpc) is 2.12. The smallest absolute Gasteiger partial charge is 0.169 e. The van der Waals surface area contributed by atoms with Gasteiger partial charge in [0.25, 0.3) is 0 Å². The van der Waals surface area contributed by atoms with Crippen LogP contribution in [0.1, 0.15) is 0 Å². The Morgan fingerprint density at radius 2 is 1.58 bits per heavy atom. The number of hydrogen-bond donors (Lipinski definition) is 0. The van der Waals surface area contributed by atoms with Crippen LogP contribution in [0.25, 0.3) is 0 Å². The summed E-state index contributed by atoms with van der Waals surface area (Å²) in [7, 11) is 0. The number of allylic oxidation sites excluding steroid dienone is 1. The fourth-order valence-corrected chi connectivity index (χ4v) is 0.590. The van der Waals surface area contributed by atoms with Crippen LogP contribution in [0.4, 0.5) is 22.0 Å². The summed E-state index contributed by atoms with van der Waals surface area (Å²) >= 11 is 0. The molecule has 0 saturated carbocycles. The predicted molar refractivity (Wildman–Crippen MR) is 35.8 cm³/mol. The monoisotopic (exact) mass is 188 g/mol. The lowest BCUT2D eigenvalue weighted by Crippen LogP contribution is -2.35. The number of halogens is 5. The van der Waals surface area contributed by atoms with E-state index in [1.807, 2.05) is 0 Å². The highest BCUT2D eigenvalue weighted by Crippen LogP contribution is 2.18. The minimum Gasteiger partial charge on any atom is -0.248 e. The first kappa shape index (κ1) is 11.4. The summed E-state index contributed by atoms with van der Waals surface area (Å²) in [5.74, 6) is 0. The quantitative estimate of drug-likeness (QED) is 0.459. The fraction of sp³-hybridized carbons (Fsp3) is 0.714. The van der Waals surface area contributed by atoms with Gasteiger partial charge in [-0.25, -0.2) is 22.0 Å². The van der Waals surface area contributed by atoms with Gasteiger partial charge in [0.2, 0.25) is 0 Å². The van der Waals surface area contributed by atoms with Crippen molar-refractivity contribution in [3.05, 3.63) is 12.7 Å². The lowest BCUT2D eigenvalue weighted by Gasteiger charge is -2.16. The standard InChI is InChI=1S/C7H9F5/c1-2-4(9)6(11)7(12)5(10)3-8/h2,4-7H,1,3H2. The van der Waals surface area contributed by atoms with E-state index in [0.717, 1.165) is 0 Å². The Morgan fingerprint density at radius 1 is 1.08 bits per heavy atom. The lowest BCUT2D eigenvalue weighted by atomic mass is 10.1. The maximum atomic E-state index is 12.4. The summed E-state index contributed by atoms with van der Waals surface area (Å²) in [6.45, 7) is 1.19. The van der Waals surface area contributed by atoms with Crippen molar-refractivity contribution >= 4 is 0 Å². The van der Waals surface area contributed by atoms with Crippen molar-refractivity contribution in [1.82, 2.24) is 0 Å². The van der Waals surface area contributed by atoms with Crippen molar-refractivity contribution in [2.45, 2.75) is 24.7 Å². The molecule has 0 nitrogen and oxygen atoms in total. The zero-order valence-corrected chi connectivity index (χ0v) is 6.19. The Hall–Kier alpha value is -0.610. The van der Waals surface area contributed by atoms with Crippen molar-refractivity contribution in [3.63, 3.8) is 0 Å². The van der Waals surface area contributed by atoms with Gasteiger partial charge < -0.3 is 0 Å². The molecule has 5 heteroatoms. The van der Waals surface area contributed by atoms with E-state index in [4.69, 9.17) is 0 Å². The van der Waals surface area contributed by atoms with E-state index in [-0.39, 0.29) is 0 Å². The van der Waals surface area contributed by atoms with Crippen LogP contribution in [0.3, 0.4) is 0 Å². The molecule has 0 aromatic carbocycles.